The molecule has 2 saturated heterocycles. The van der Waals surface area contributed by atoms with Gasteiger partial charge >= 0.3 is 0 Å². The van der Waals surface area contributed by atoms with Crippen molar-refractivity contribution in [2.75, 3.05) is 46.0 Å². The summed E-state index contributed by atoms with van der Waals surface area (Å²) in [4.78, 5) is 2.47. The molecule has 88 valence electrons. The number of hydrogen-bond acceptors (Lipinski definition) is 4. The van der Waals surface area contributed by atoms with Crippen LogP contribution in [0.15, 0.2) is 0 Å². The maximum atomic E-state index is 5.68. The first-order valence-electron chi connectivity index (χ1n) is 5.98. The van der Waals surface area contributed by atoms with E-state index in [-0.39, 0.29) is 5.72 Å². The van der Waals surface area contributed by atoms with Gasteiger partial charge in [-0.25, -0.2) is 0 Å². The van der Waals surface area contributed by atoms with Crippen LogP contribution in [0, 0.1) is 0 Å². The second-order valence-electron chi connectivity index (χ2n) is 4.56. The Bertz CT molecular complexity index is 187. The lowest BCUT2D eigenvalue weighted by molar-refractivity contribution is -0.00812. The number of ether oxygens (including phenoxy) is 2. The summed E-state index contributed by atoms with van der Waals surface area (Å²) < 4.78 is 11.0. The molecule has 0 bridgehead atoms. The average molecular weight is 214 g/mol. The lowest BCUT2D eigenvalue weighted by Crippen LogP contribution is -2.40. The van der Waals surface area contributed by atoms with Crippen molar-refractivity contribution in [3.63, 3.8) is 0 Å². The monoisotopic (exact) mass is 214 g/mol. The normalized spacial score (nSPS) is 33.4. The second kappa shape index (κ2) is 5.25. The molecule has 2 aliphatic heterocycles. The Kier molecular flexibility index (Phi) is 3.97. The standard InChI is InChI=1S/C11H22N2O2/c1-11(12-4-8-15-11)3-2-5-13-6-9-14-10-7-13/h12H,2-10H2,1H3. The predicted octanol–water partition coefficient (Wildman–Crippen LogP) is 0.435. The zero-order valence-electron chi connectivity index (χ0n) is 9.63. The molecule has 4 nitrogen and oxygen atoms in total. The van der Waals surface area contributed by atoms with Crippen LogP contribution in [0.5, 0.6) is 0 Å². The molecular weight excluding hydrogens is 192 g/mol. The van der Waals surface area contributed by atoms with E-state index in [9.17, 15) is 0 Å². The second-order valence-corrected chi connectivity index (χ2v) is 4.56. The van der Waals surface area contributed by atoms with E-state index >= 15 is 0 Å². The van der Waals surface area contributed by atoms with Gasteiger partial charge in [-0.05, 0) is 26.3 Å². The summed E-state index contributed by atoms with van der Waals surface area (Å²) in [6.45, 7) is 9.14. The molecule has 0 aromatic rings. The molecule has 1 atom stereocenters. The van der Waals surface area contributed by atoms with Gasteiger partial charge in [0.05, 0.1) is 19.8 Å². The molecule has 0 aliphatic carbocycles. The van der Waals surface area contributed by atoms with Gasteiger partial charge < -0.3 is 9.47 Å². The molecule has 0 spiro atoms. The zero-order chi connectivity index (χ0) is 10.6. The summed E-state index contributed by atoms with van der Waals surface area (Å²) in [6, 6.07) is 0. The van der Waals surface area contributed by atoms with Crippen molar-refractivity contribution in [1.82, 2.24) is 10.2 Å². The van der Waals surface area contributed by atoms with Crippen LogP contribution in [0.25, 0.3) is 0 Å². The SMILES string of the molecule is CC1(CCCN2CCOCC2)NCCO1. The summed E-state index contributed by atoms with van der Waals surface area (Å²) >= 11 is 0. The van der Waals surface area contributed by atoms with Crippen molar-refractivity contribution in [2.24, 2.45) is 0 Å². The highest BCUT2D eigenvalue weighted by Crippen LogP contribution is 2.18. The number of rotatable bonds is 4. The molecule has 1 unspecified atom stereocenters. The molecule has 0 aromatic heterocycles. The summed E-state index contributed by atoms with van der Waals surface area (Å²) in [7, 11) is 0. The number of morpholine rings is 1. The Morgan fingerprint density at radius 3 is 2.73 bits per heavy atom. The van der Waals surface area contributed by atoms with Crippen LogP contribution >= 0.6 is 0 Å². The van der Waals surface area contributed by atoms with Crippen LogP contribution in [-0.4, -0.2) is 56.6 Å². The zero-order valence-corrected chi connectivity index (χ0v) is 9.63. The fourth-order valence-corrected chi connectivity index (χ4v) is 2.27. The first-order valence-corrected chi connectivity index (χ1v) is 5.98. The van der Waals surface area contributed by atoms with Crippen molar-refractivity contribution in [3.05, 3.63) is 0 Å². The summed E-state index contributed by atoms with van der Waals surface area (Å²) in [6.07, 6.45) is 2.30. The maximum absolute atomic E-state index is 5.68. The van der Waals surface area contributed by atoms with Gasteiger partial charge in [-0.2, -0.15) is 0 Å². The molecule has 2 fully saturated rings. The van der Waals surface area contributed by atoms with Gasteiger partial charge in [0.1, 0.15) is 5.72 Å². The van der Waals surface area contributed by atoms with Gasteiger partial charge in [-0.3, -0.25) is 10.2 Å². The first-order chi connectivity index (χ1) is 7.29. The van der Waals surface area contributed by atoms with Crippen LogP contribution < -0.4 is 5.32 Å². The molecule has 2 aliphatic rings. The minimum Gasteiger partial charge on any atom is -0.379 e. The molecule has 0 saturated carbocycles. The number of nitrogens with one attached hydrogen (secondary N) is 1. The Morgan fingerprint density at radius 1 is 1.27 bits per heavy atom. The van der Waals surface area contributed by atoms with Crippen LogP contribution in [-0.2, 0) is 9.47 Å². The first kappa shape index (κ1) is 11.3. The molecule has 2 rings (SSSR count). The van der Waals surface area contributed by atoms with Crippen molar-refractivity contribution < 1.29 is 9.47 Å². The lowest BCUT2D eigenvalue weighted by Gasteiger charge is -2.29. The largest absolute Gasteiger partial charge is 0.379 e. The quantitative estimate of drug-likeness (QED) is 0.736. The lowest BCUT2D eigenvalue weighted by atomic mass is 10.1. The van der Waals surface area contributed by atoms with Gasteiger partial charge in [0.25, 0.3) is 0 Å². The predicted molar refractivity (Wildman–Crippen MR) is 58.9 cm³/mol. The Labute approximate surface area is 91.9 Å². The fourth-order valence-electron chi connectivity index (χ4n) is 2.27. The smallest absolute Gasteiger partial charge is 0.116 e. The van der Waals surface area contributed by atoms with Crippen LogP contribution in [0.4, 0.5) is 0 Å². The summed E-state index contributed by atoms with van der Waals surface area (Å²) in [5.41, 5.74) is -0.0632. The van der Waals surface area contributed by atoms with Gasteiger partial charge in [-0.15, -0.1) is 0 Å². The highest BCUT2D eigenvalue weighted by Gasteiger charge is 2.28. The molecule has 0 radical (unpaired) electrons. The molecule has 2 heterocycles. The average Bonchev–Trinajstić information content (AvgIpc) is 2.67. The maximum Gasteiger partial charge on any atom is 0.116 e. The minimum atomic E-state index is -0.0632. The van der Waals surface area contributed by atoms with E-state index in [1.165, 1.54) is 13.0 Å². The molecular formula is C11H22N2O2. The van der Waals surface area contributed by atoms with E-state index in [4.69, 9.17) is 9.47 Å². The van der Waals surface area contributed by atoms with Crippen molar-refractivity contribution in [3.8, 4) is 0 Å². The molecule has 1 N–H and O–H groups in total. The molecule has 0 aromatic carbocycles. The van der Waals surface area contributed by atoms with E-state index in [1.54, 1.807) is 0 Å². The van der Waals surface area contributed by atoms with Gasteiger partial charge in [0, 0.05) is 19.6 Å². The topological polar surface area (TPSA) is 33.7 Å². The third kappa shape index (κ3) is 3.41. The fraction of sp³-hybridized carbons (Fsp3) is 1.00. The van der Waals surface area contributed by atoms with Crippen molar-refractivity contribution in [1.29, 1.82) is 0 Å². The van der Waals surface area contributed by atoms with E-state index in [1.807, 2.05) is 0 Å². The van der Waals surface area contributed by atoms with Crippen LogP contribution in [0.1, 0.15) is 19.8 Å². The summed E-state index contributed by atoms with van der Waals surface area (Å²) in [5.74, 6) is 0. The van der Waals surface area contributed by atoms with Crippen LogP contribution in [0.3, 0.4) is 0 Å². The summed E-state index contributed by atoms with van der Waals surface area (Å²) in [5, 5.41) is 3.41. The molecule has 15 heavy (non-hydrogen) atoms. The van der Waals surface area contributed by atoms with Crippen molar-refractivity contribution in [2.45, 2.75) is 25.5 Å². The third-order valence-corrected chi connectivity index (χ3v) is 3.25. The highest BCUT2D eigenvalue weighted by molar-refractivity contribution is 4.78. The van der Waals surface area contributed by atoms with Gasteiger partial charge in [0.2, 0.25) is 0 Å². The van der Waals surface area contributed by atoms with Crippen LogP contribution in [0.2, 0.25) is 0 Å². The van der Waals surface area contributed by atoms with Gasteiger partial charge in [0.15, 0.2) is 0 Å². The van der Waals surface area contributed by atoms with Crippen molar-refractivity contribution >= 4 is 0 Å². The molecule has 4 heteroatoms. The molecule has 0 amide bonds. The number of nitrogens with zero attached hydrogens (tertiary/aromatic N) is 1. The van der Waals surface area contributed by atoms with E-state index in [0.717, 1.165) is 45.9 Å². The third-order valence-electron chi connectivity index (χ3n) is 3.25. The highest BCUT2D eigenvalue weighted by atomic mass is 16.5. The van der Waals surface area contributed by atoms with E-state index in [2.05, 4.69) is 17.1 Å². The van der Waals surface area contributed by atoms with E-state index < -0.39 is 0 Å². The Balaban J connectivity index is 1.61. The van der Waals surface area contributed by atoms with E-state index in [0.29, 0.717) is 0 Å². The Hall–Kier alpha value is -0.160. The number of hydrogen-bond donors (Lipinski definition) is 1. The van der Waals surface area contributed by atoms with Gasteiger partial charge in [-0.1, -0.05) is 0 Å². The minimum absolute atomic E-state index is 0.0632. The Morgan fingerprint density at radius 2 is 2.07 bits per heavy atom.